The molecule has 6 nitrogen and oxygen atoms in total. The molecule has 0 amide bonds. The minimum atomic E-state index is -1.06. The van der Waals surface area contributed by atoms with Crippen LogP contribution in [-0.2, 0) is 22.5 Å². The van der Waals surface area contributed by atoms with Gasteiger partial charge in [0.2, 0.25) is 6.04 Å². The Balaban J connectivity index is 2.10. The van der Waals surface area contributed by atoms with Crippen LogP contribution in [0, 0.1) is 10.1 Å². The first-order chi connectivity index (χ1) is 12.6. The number of hydrogen-bond acceptors (Lipinski definition) is 5. The molecule has 0 saturated carbocycles. The number of benzene rings is 2. The van der Waals surface area contributed by atoms with Gasteiger partial charge in [0.15, 0.2) is 6.04 Å². The van der Waals surface area contributed by atoms with Crippen LogP contribution < -0.4 is 5.32 Å². The van der Waals surface area contributed by atoms with Crippen molar-refractivity contribution in [2.24, 2.45) is 0 Å². The Morgan fingerprint density at radius 3 is 2.19 bits per heavy atom. The first kappa shape index (κ1) is 19.6. The van der Waals surface area contributed by atoms with Gasteiger partial charge in [-0.05, 0) is 24.5 Å². The molecule has 2 atom stereocenters. The van der Waals surface area contributed by atoms with Crippen molar-refractivity contribution in [1.29, 1.82) is 0 Å². The molecule has 2 unspecified atom stereocenters. The summed E-state index contributed by atoms with van der Waals surface area (Å²) in [5.74, 6) is -0.585. The van der Waals surface area contributed by atoms with E-state index in [1.807, 2.05) is 60.7 Å². The summed E-state index contributed by atoms with van der Waals surface area (Å²) in [4.78, 5) is 23.6. The van der Waals surface area contributed by atoms with E-state index in [0.717, 1.165) is 11.1 Å². The SMILES string of the molecule is CCOC(=O)C(NCc1ccccc1)C(CCc1ccccc1)[N+](=O)[O-]. The maximum absolute atomic E-state index is 12.3. The maximum Gasteiger partial charge on any atom is 0.330 e. The van der Waals surface area contributed by atoms with Crippen molar-refractivity contribution >= 4 is 5.97 Å². The second kappa shape index (κ2) is 10.3. The van der Waals surface area contributed by atoms with Crippen LogP contribution in [0.1, 0.15) is 24.5 Å². The Bertz CT molecular complexity index is 691. The molecule has 6 heteroatoms. The lowest BCUT2D eigenvalue weighted by Gasteiger charge is -2.21. The number of esters is 1. The number of carbonyl (C=O) groups is 1. The van der Waals surface area contributed by atoms with E-state index in [9.17, 15) is 14.9 Å². The predicted molar refractivity (Wildman–Crippen MR) is 99.2 cm³/mol. The van der Waals surface area contributed by atoms with Crippen LogP contribution >= 0.6 is 0 Å². The quantitative estimate of drug-likeness (QED) is 0.402. The van der Waals surface area contributed by atoms with E-state index >= 15 is 0 Å². The van der Waals surface area contributed by atoms with E-state index in [-0.39, 0.29) is 18.0 Å². The van der Waals surface area contributed by atoms with Gasteiger partial charge < -0.3 is 4.74 Å². The number of nitrogens with zero attached hydrogens (tertiary/aromatic N) is 1. The minimum absolute atomic E-state index is 0.186. The van der Waals surface area contributed by atoms with E-state index in [1.165, 1.54) is 0 Å². The number of nitrogens with one attached hydrogen (secondary N) is 1. The van der Waals surface area contributed by atoms with Gasteiger partial charge in [-0.2, -0.15) is 0 Å². The first-order valence-electron chi connectivity index (χ1n) is 8.73. The molecule has 26 heavy (non-hydrogen) atoms. The normalized spacial score (nSPS) is 13.0. The van der Waals surface area contributed by atoms with Gasteiger partial charge in [0.05, 0.1) is 6.61 Å². The smallest absolute Gasteiger partial charge is 0.330 e. The highest BCUT2D eigenvalue weighted by molar-refractivity contribution is 5.76. The van der Waals surface area contributed by atoms with Gasteiger partial charge in [0, 0.05) is 17.9 Å². The summed E-state index contributed by atoms with van der Waals surface area (Å²) in [5, 5.41) is 14.7. The zero-order valence-electron chi connectivity index (χ0n) is 14.8. The predicted octanol–water partition coefficient (Wildman–Crippen LogP) is 2.99. The largest absolute Gasteiger partial charge is 0.465 e. The monoisotopic (exact) mass is 356 g/mol. The number of carbonyl (C=O) groups excluding carboxylic acids is 1. The van der Waals surface area contributed by atoms with Gasteiger partial charge in [0.25, 0.3) is 0 Å². The fourth-order valence-corrected chi connectivity index (χ4v) is 2.79. The highest BCUT2D eigenvalue weighted by Crippen LogP contribution is 2.13. The second-order valence-electron chi connectivity index (χ2n) is 5.97. The summed E-state index contributed by atoms with van der Waals surface area (Å²) in [6, 6.07) is 17.0. The van der Waals surface area contributed by atoms with Gasteiger partial charge >= 0.3 is 5.97 Å². The third-order valence-corrected chi connectivity index (χ3v) is 4.14. The molecule has 0 saturated heterocycles. The Kier molecular flexibility index (Phi) is 7.76. The van der Waals surface area contributed by atoms with Crippen molar-refractivity contribution in [2.45, 2.75) is 38.4 Å². The van der Waals surface area contributed by atoms with Crippen LogP contribution in [0.5, 0.6) is 0 Å². The Hall–Kier alpha value is -2.73. The lowest BCUT2D eigenvalue weighted by Crippen LogP contribution is -2.50. The van der Waals surface area contributed by atoms with Crippen LogP contribution in [0.4, 0.5) is 0 Å². The summed E-state index contributed by atoms with van der Waals surface area (Å²) in [6.45, 7) is 2.24. The zero-order valence-corrected chi connectivity index (χ0v) is 14.8. The molecule has 0 aliphatic rings. The number of nitro groups is 1. The van der Waals surface area contributed by atoms with E-state index in [2.05, 4.69) is 5.32 Å². The molecule has 0 bridgehead atoms. The average Bonchev–Trinajstić information content (AvgIpc) is 2.66. The van der Waals surface area contributed by atoms with Crippen molar-refractivity contribution in [2.75, 3.05) is 6.61 Å². The molecular formula is C20H24N2O4. The topological polar surface area (TPSA) is 81.5 Å². The van der Waals surface area contributed by atoms with Crippen molar-refractivity contribution in [3.05, 3.63) is 81.9 Å². The van der Waals surface area contributed by atoms with Gasteiger partial charge in [-0.1, -0.05) is 60.7 Å². The van der Waals surface area contributed by atoms with Crippen molar-refractivity contribution in [3.8, 4) is 0 Å². The van der Waals surface area contributed by atoms with Crippen molar-refractivity contribution in [3.63, 3.8) is 0 Å². The third-order valence-electron chi connectivity index (χ3n) is 4.14. The molecule has 0 radical (unpaired) electrons. The lowest BCUT2D eigenvalue weighted by atomic mass is 9.99. The molecule has 0 aliphatic carbocycles. The van der Waals surface area contributed by atoms with Crippen molar-refractivity contribution in [1.82, 2.24) is 5.32 Å². The number of hydrogen-bond donors (Lipinski definition) is 1. The molecule has 2 rings (SSSR count). The minimum Gasteiger partial charge on any atom is -0.465 e. The molecule has 0 aliphatic heterocycles. The average molecular weight is 356 g/mol. The summed E-state index contributed by atoms with van der Waals surface area (Å²) in [5.41, 5.74) is 1.96. The van der Waals surface area contributed by atoms with E-state index in [4.69, 9.17) is 4.74 Å². The van der Waals surface area contributed by atoms with E-state index < -0.39 is 18.1 Å². The summed E-state index contributed by atoms with van der Waals surface area (Å²) < 4.78 is 5.07. The molecular weight excluding hydrogens is 332 g/mol. The Labute approximate surface area is 153 Å². The fraction of sp³-hybridized carbons (Fsp3) is 0.350. The van der Waals surface area contributed by atoms with Crippen LogP contribution in [0.15, 0.2) is 60.7 Å². The Morgan fingerprint density at radius 1 is 1.08 bits per heavy atom. The zero-order chi connectivity index (χ0) is 18.8. The highest BCUT2D eigenvalue weighted by Gasteiger charge is 2.37. The van der Waals surface area contributed by atoms with E-state index in [1.54, 1.807) is 6.92 Å². The number of rotatable bonds is 10. The second-order valence-corrected chi connectivity index (χ2v) is 5.97. The van der Waals surface area contributed by atoms with Gasteiger partial charge in [-0.15, -0.1) is 0 Å². The van der Waals surface area contributed by atoms with Crippen LogP contribution in [0.25, 0.3) is 0 Å². The lowest BCUT2D eigenvalue weighted by molar-refractivity contribution is -0.526. The number of ether oxygens (including phenoxy) is 1. The highest BCUT2D eigenvalue weighted by atomic mass is 16.6. The van der Waals surface area contributed by atoms with E-state index in [0.29, 0.717) is 13.0 Å². The molecule has 0 aromatic heterocycles. The standard InChI is InChI=1S/C20H24N2O4/c1-2-26-20(23)19(21-15-17-11-7-4-8-12-17)18(22(24)25)14-13-16-9-5-3-6-10-16/h3-12,18-19,21H,2,13-15H2,1H3. The van der Waals surface area contributed by atoms with Crippen LogP contribution in [-0.4, -0.2) is 29.6 Å². The maximum atomic E-state index is 12.3. The third kappa shape index (κ3) is 5.97. The molecule has 0 heterocycles. The summed E-state index contributed by atoms with van der Waals surface area (Å²) in [6.07, 6.45) is 0.775. The molecule has 2 aromatic rings. The molecule has 0 fully saturated rings. The number of aryl methyl sites for hydroxylation is 1. The summed E-state index contributed by atoms with van der Waals surface area (Å²) in [7, 11) is 0. The molecule has 1 N–H and O–H groups in total. The molecule has 138 valence electrons. The van der Waals surface area contributed by atoms with Gasteiger partial charge in [-0.3, -0.25) is 20.2 Å². The fourth-order valence-electron chi connectivity index (χ4n) is 2.79. The van der Waals surface area contributed by atoms with Crippen LogP contribution in [0.3, 0.4) is 0 Å². The Morgan fingerprint density at radius 2 is 1.65 bits per heavy atom. The van der Waals surface area contributed by atoms with Crippen LogP contribution in [0.2, 0.25) is 0 Å². The molecule has 0 spiro atoms. The molecule has 2 aromatic carbocycles. The summed E-state index contributed by atoms with van der Waals surface area (Å²) >= 11 is 0. The van der Waals surface area contributed by atoms with Crippen molar-refractivity contribution < 1.29 is 14.5 Å². The van der Waals surface area contributed by atoms with Gasteiger partial charge in [0.1, 0.15) is 0 Å². The first-order valence-corrected chi connectivity index (χ1v) is 8.73. The van der Waals surface area contributed by atoms with Gasteiger partial charge in [-0.25, -0.2) is 0 Å².